The van der Waals surface area contributed by atoms with Gasteiger partial charge in [-0.3, -0.25) is 4.40 Å². The molecule has 0 aliphatic heterocycles. The van der Waals surface area contributed by atoms with Gasteiger partial charge in [-0.05, 0) is 11.6 Å². The Morgan fingerprint density at radius 2 is 2.38 bits per heavy atom. The lowest BCUT2D eigenvalue weighted by Gasteiger charge is -2.00. The molecule has 0 amide bonds. The molecule has 0 unspecified atom stereocenters. The highest BCUT2D eigenvalue weighted by molar-refractivity contribution is 5.86. The van der Waals surface area contributed by atoms with Crippen molar-refractivity contribution < 1.29 is 9.90 Å². The topological polar surface area (TPSA) is 59.0 Å². The van der Waals surface area contributed by atoms with Crippen molar-refractivity contribution in [3.8, 4) is 0 Å². The van der Waals surface area contributed by atoms with E-state index in [4.69, 9.17) is 11.7 Å². The monoisotopic (exact) mass is 215 g/mol. The zero-order valence-corrected chi connectivity index (χ0v) is 8.42. The van der Waals surface area contributed by atoms with Crippen LogP contribution in [0.15, 0.2) is 24.5 Å². The van der Waals surface area contributed by atoms with Crippen LogP contribution in [0.1, 0.15) is 16.1 Å². The van der Waals surface area contributed by atoms with Crippen LogP contribution in [0, 0.1) is 6.57 Å². The molecule has 0 saturated heterocycles. The van der Waals surface area contributed by atoms with Crippen molar-refractivity contribution in [2.75, 3.05) is 6.54 Å². The van der Waals surface area contributed by atoms with Crippen LogP contribution in [-0.2, 0) is 6.42 Å². The van der Waals surface area contributed by atoms with E-state index >= 15 is 0 Å². The lowest BCUT2D eigenvalue weighted by Crippen LogP contribution is -2.02. The van der Waals surface area contributed by atoms with Crippen molar-refractivity contribution in [2.45, 2.75) is 6.42 Å². The van der Waals surface area contributed by atoms with Crippen molar-refractivity contribution in [1.29, 1.82) is 0 Å². The Balaban J connectivity index is 2.46. The van der Waals surface area contributed by atoms with Crippen molar-refractivity contribution >= 4 is 11.6 Å². The van der Waals surface area contributed by atoms with Gasteiger partial charge in [0.15, 0.2) is 5.69 Å². The molecule has 0 atom stereocenters. The number of fused-ring (bicyclic) bond motifs is 1. The molecule has 5 nitrogen and oxygen atoms in total. The summed E-state index contributed by atoms with van der Waals surface area (Å²) in [6.45, 7) is 7.11. The molecule has 5 heteroatoms. The van der Waals surface area contributed by atoms with Crippen LogP contribution in [0.2, 0.25) is 0 Å². The van der Waals surface area contributed by atoms with E-state index in [1.54, 1.807) is 12.3 Å². The van der Waals surface area contributed by atoms with E-state index in [9.17, 15) is 4.79 Å². The van der Waals surface area contributed by atoms with Gasteiger partial charge in [0.05, 0.1) is 6.20 Å². The molecule has 0 aliphatic rings. The van der Waals surface area contributed by atoms with Crippen molar-refractivity contribution in [3.05, 3.63) is 47.2 Å². The quantitative estimate of drug-likeness (QED) is 0.789. The van der Waals surface area contributed by atoms with Gasteiger partial charge < -0.3 is 9.95 Å². The number of carboxylic acid groups (broad SMARTS) is 1. The molecule has 80 valence electrons. The Hall–Kier alpha value is -2.35. The molecular formula is C11H9N3O2. The summed E-state index contributed by atoms with van der Waals surface area (Å²) < 4.78 is 1.53. The van der Waals surface area contributed by atoms with Crippen LogP contribution < -0.4 is 0 Å². The normalized spacial score (nSPS) is 10.2. The Kier molecular flexibility index (Phi) is 2.56. The number of hydrogen-bond donors (Lipinski definition) is 1. The standard InChI is InChI=1S/C11H9N3O2/c1-12-5-4-8-2-3-10-13-6-9(11(15)16)14(10)7-8/h2-3,6-7H,4-5H2,(H,15,16). The number of carbonyl (C=O) groups is 1. The SMILES string of the molecule is [C-]#[N+]CCc1ccc2ncc(C(=O)O)n2c1. The Labute approximate surface area is 91.8 Å². The molecule has 0 radical (unpaired) electrons. The number of nitrogens with zero attached hydrogens (tertiary/aromatic N) is 3. The first-order valence-electron chi connectivity index (χ1n) is 4.75. The van der Waals surface area contributed by atoms with Gasteiger partial charge in [-0.15, -0.1) is 0 Å². The lowest BCUT2D eigenvalue weighted by atomic mass is 10.2. The maximum atomic E-state index is 10.9. The van der Waals surface area contributed by atoms with Crippen LogP contribution in [0.25, 0.3) is 10.5 Å². The number of pyridine rings is 1. The second-order valence-corrected chi connectivity index (χ2v) is 3.35. The van der Waals surface area contributed by atoms with Gasteiger partial charge in [0.2, 0.25) is 6.54 Å². The molecule has 2 aromatic heterocycles. The highest BCUT2D eigenvalue weighted by Crippen LogP contribution is 2.10. The third-order valence-corrected chi connectivity index (χ3v) is 2.30. The van der Waals surface area contributed by atoms with Gasteiger partial charge in [-0.2, -0.15) is 0 Å². The predicted octanol–water partition coefficient (Wildman–Crippen LogP) is 1.49. The number of aromatic nitrogens is 2. The summed E-state index contributed by atoms with van der Waals surface area (Å²) in [6.07, 6.45) is 3.67. The molecule has 2 heterocycles. The summed E-state index contributed by atoms with van der Waals surface area (Å²) >= 11 is 0. The van der Waals surface area contributed by atoms with E-state index < -0.39 is 5.97 Å². The summed E-state index contributed by atoms with van der Waals surface area (Å²) in [6, 6.07) is 3.62. The first-order valence-corrected chi connectivity index (χ1v) is 4.75. The average molecular weight is 215 g/mol. The summed E-state index contributed by atoms with van der Waals surface area (Å²) in [7, 11) is 0. The van der Waals surface area contributed by atoms with Crippen LogP contribution >= 0.6 is 0 Å². The number of rotatable bonds is 3. The minimum Gasteiger partial charge on any atom is -0.477 e. The molecule has 0 fully saturated rings. The maximum Gasteiger partial charge on any atom is 0.354 e. The van der Waals surface area contributed by atoms with Gasteiger partial charge in [-0.1, -0.05) is 6.07 Å². The van der Waals surface area contributed by atoms with E-state index in [1.807, 2.05) is 6.07 Å². The molecule has 0 aromatic carbocycles. The largest absolute Gasteiger partial charge is 0.477 e. The predicted molar refractivity (Wildman–Crippen MR) is 57.3 cm³/mol. The fourth-order valence-electron chi connectivity index (χ4n) is 1.52. The minimum atomic E-state index is -1.00. The van der Waals surface area contributed by atoms with E-state index in [-0.39, 0.29) is 5.69 Å². The molecule has 2 rings (SSSR count). The molecule has 16 heavy (non-hydrogen) atoms. The molecular weight excluding hydrogens is 206 g/mol. The van der Waals surface area contributed by atoms with Gasteiger partial charge in [0.1, 0.15) is 5.65 Å². The van der Waals surface area contributed by atoms with Crippen LogP contribution in [0.4, 0.5) is 0 Å². The summed E-state index contributed by atoms with van der Waals surface area (Å²) in [5.74, 6) is -1.00. The van der Waals surface area contributed by atoms with Gasteiger partial charge >= 0.3 is 5.97 Å². The summed E-state index contributed by atoms with van der Waals surface area (Å²) in [5.41, 5.74) is 1.67. The smallest absolute Gasteiger partial charge is 0.354 e. The highest BCUT2D eigenvalue weighted by atomic mass is 16.4. The van der Waals surface area contributed by atoms with Crippen molar-refractivity contribution in [2.24, 2.45) is 0 Å². The fourth-order valence-corrected chi connectivity index (χ4v) is 1.52. The number of hydrogen-bond acceptors (Lipinski definition) is 2. The zero-order valence-electron chi connectivity index (χ0n) is 8.42. The summed E-state index contributed by atoms with van der Waals surface area (Å²) in [4.78, 5) is 18.1. The van der Waals surface area contributed by atoms with Crippen molar-refractivity contribution in [3.63, 3.8) is 0 Å². The average Bonchev–Trinajstić information content (AvgIpc) is 2.69. The Morgan fingerprint density at radius 3 is 3.06 bits per heavy atom. The first-order chi connectivity index (χ1) is 7.72. The number of imidazole rings is 1. The van der Waals surface area contributed by atoms with Crippen LogP contribution in [-0.4, -0.2) is 27.0 Å². The third-order valence-electron chi connectivity index (χ3n) is 2.30. The highest BCUT2D eigenvalue weighted by Gasteiger charge is 2.10. The van der Waals surface area contributed by atoms with Gasteiger partial charge in [0.25, 0.3) is 0 Å². The number of carboxylic acids is 1. The van der Waals surface area contributed by atoms with Crippen LogP contribution in [0.3, 0.4) is 0 Å². The molecule has 0 aliphatic carbocycles. The minimum absolute atomic E-state index is 0.139. The third kappa shape index (κ3) is 1.73. The molecule has 1 N–H and O–H groups in total. The molecule has 0 saturated carbocycles. The Morgan fingerprint density at radius 1 is 1.56 bits per heavy atom. The lowest BCUT2D eigenvalue weighted by molar-refractivity contribution is 0.0689. The second kappa shape index (κ2) is 4.03. The van der Waals surface area contributed by atoms with Crippen molar-refractivity contribution in [1.82, 2.24) is 9.38 Å². The van der Waals surface area contributed by atoms with E-state index in [2.05, 4.69) is 9.83 Å². The van der Waals surface area contributed by atoms with E-state index in [0.29, 0.717) is 18.6 Å². The molecule has 2 aromatic rings. The first kappa shape index (κ1) is 10.2. The maximum absolute atomic E-state index is 10.9. The Bertz CT molecular complexity index is 580. The number of aromatic carboxylic acids is 1. The summed E-state index contributed by atoms with van der Waals surface area (Å²) in [5, 5.41) is 8.93. The zero-order chi connectivity index (χ0) is 11.5. The molecule has 0 bridgehead atoms. The molecule has 0 spiro atoms. The van der Waals surface area contributed by atoms with Gasteiger partial charge in [0, 0.05) is 12.6 Å². The van der Waals surface area contributed by atoms with E-state index in [1.165, 1.54) is 10.6 Å². The second-order valence-electron chi connectivity index (χ2n) is 3.35. The van der Waals surface area contributed by atoms with Gasteiger partial charge in [-0.25, -0.2) is 16.4 Å². The fraction of sp³-hybridized carbons (Fsp3) is 0.182. The van der Waals surface area contributed by atoms with E-state index in [0.717, 1.165) is 5.56 Å². The van der Waals surface area contributed by atoms with Crippen LogP contribution in [0.5, 0.6) is 0 Å².